The molecule has 3 aromatic carbocycles. The molecule has 68 heavy (non-hydrogen) atoms. The molecule has 0 saturated carbocycles. The van der Waals surface area contributed by atoms with E-state index in [1.807, 2.05) is 0 Å². The summed E-state index contributed by atoms with van der Waals surface area (Å²) in [6, 6.07) is 11.5. The van der Waals surface area contributed by atoms with Gasteiger partial charge in [-0.3, -0.25) is 38.4 Å². The van der Waals surface area contributed by atoms with Gasteiger partial charge in [-0.2, -0.15) is 0 Å². The highest BCUT2D eigenvalue weighted by molar-refractivity contribution is 6.11. The predicted molar refractivity (Wildman–Crippen MR) is 230 cm³/mol. The molecule has 10 atom stereocenters. The van der Waals surface area contributed by atoms with Crippen molar-refractivity contribution in [2.45, 2.75) is 117 Å². The number of amides is 4. The summed E-state index contributed by atoms with van der Waals surface area (Å²) in [5.41, 5.74) is 0.452. The molecule has 3 aromatic rings. The van der Waals surface area contributed by atoms with Gasteiger partial charge >= 0.3 is 59.8 Å². The zero-order valence-electron chi connectivity index (χ0n) is 38.0. The second-order valence-corrected chi connectivity index (χ2v) is 15.3. The Kier molecular flexibility index (Phi) is 17.2. The van der Waals surface area contributed by atoms with Gasteiger partial charge in [0.2, 0.25) is 0 Å². The van der Waals surface area contributed by atoms with Crippen LogP contribution in [0.15, 0.2) is 48.5 Å². The third-order valence-electron chi connectivity index (χ3n) is 9.90. The SMILES string of the molecule is CC(=O)OC[C@H]1O[C@@H](NC(=O)Nc2cccc3cc4cccc(NC(=O)N[C@@H]5O[C@H](COC(C)=O)[C@@H](OC(C)=O)[C@H](OC(C)=O)[C@H]5OC(C)=O)c4cc23)[C@H](OC(C)=O)[C@@H](OC(C)=O)[C@@H]1OC(C)=O. The Morgan fingerprint density at radius 2 is 0.750 bits per heavy atom. The molecule has 5 rings (SSSR count). The molecule has 0 radical (unpaired) electrons. The summed E-state index contributed by atoms with van der Waals surface area (Å²) >= 11 is 0. The summed E-state index contributed by atoms with van der Waals surface area (Å²) in [5, 5.41) is 12.7. The number of fused-ring (bicyclic) bond motifs is 2. The van der Waals surface area contributed by atoms with E-state index in [1.54, 1.807) is 48.5 Å². The maximum absolute atomic E-state index is 13.8. The lowest BCUT2D eigenvalue weighted by Gasteiger charge is -2.44. The van der Waals surface area contributed by atoms with Gasteiger partial charge in [0, 0.05) is 66.2 Å². The van der Waals surface area contributed by atoms with Crippen LogP contribution in [0.5, 0.6) is 0 Å². The van der Waals surface area contributed by atoms with Crippen LogP contribution in [0.4, 0.5) is 21.0 Å². The van der Waals surface area contributed by atoms with Crippen molar-refractivity contribution in [3.05, 3.63) is 48.5 Å². The van der Waals surface area contributed by atoms with Gasteiger partial charge in [-0.15, -0.1) is 0 Å². The second kappa shape index (κ2) is 22.7. The van der Waals surface area contributed by atoms with Crippen molar-refractivity contribution in [2.75, 3.05) is 23.8 Å². The number of hydrogen-bond donors (Lipinski definition) is 4. The summed E-state index contributed by atoms with van der Waals surface area (Å²) in [5.74, 6) is -6.61. The molecular formula is C44H50N4O20. The van der Waals surface area contributed by atoms with Crippen LogP contribution in [0.1, 0.15) is 55.4 Å². The molecule has 366 valence electrons. The first-order chi connectivity index (χ1) is 32.1. The lowest BCUT2D eigenvalue weighted by atomic mass is 9.97. The third-order valence-corrected chi connectivity index (χ3v) is 9.90. The third kappa shape index (κ3) is 13.7. The van der Waals surface area contributed by atoms with Crippen LogP contribution >= 0.6 is 0 Å². The Morgan fingerprint density at radius 1 is 0.426 bits per heavy atom. The molecule has 24 nitrogen and oxygen atoms in total. The van der Waals surface area contributed by atoms with Crippen molar-refractivity contribution in [3.8, 4) is 0 Å². The molecule has 0 spiro atoms. The van der Waals surface area contributed by atoms with Crippen molar-refractivity contribution < 1.29 is 95.3 Å². The molecule has 0 aromatic heterocycles. The Hall–Kier alpha value is -7.60. The van der Waals surface area contributed by atoms with Crippen LogP contribution in [-0.4, -0.2) is 134 Å². The monoisotopic (exact) mass is 954 g/mol. The molecule has 2 heterocycles. The Balaban J connectivity index is 1.44. The summed E-state index contributed by atoms with van der Waals surface area (Å²) in [6.07, 6.45) is -15.0. The Labute approximate surface area is 387 Å². The lowest BCUT2D eigenvalue weighted by Crippen LogP contribution is -2.66. The number of hydrogen-bond acceptors (Lipinski definition) is 20. The number of rotatable bonds is 14. The molecule has 2 saturated heterocycles. The van der Waals surface area contributed by atoms with Crippen LogP contribution < -0.4 is 21.3 Å². The van der Waals surface area contributed by atoms with Crippen molar-refractivity contribution in [1.82, 2.24) is 10.6 Å². The fraction of sp³-hybridized carbons (Fsp3) is 0.455. The Bertz CT molecular complexity index is 2300. The number of nitrogens with one attached hydrogen (secondary N) is 4. The topological polar surface area (TPSA) is 311 Å². The lowest BCUT2D eigenvalue weighted by molar-refractivity contribution is -0.255. The van der Waals surface area contributed by atoms with E-state index >= 15 is 0 Å². The van der Waals surface area contributed by atoms with E-state index in [0.29, 0.717) is 21.5 Å². The van der Waals surface area contributed by atoms with Gasteiger partial charge in [-0.05, 0) is 35.0 Å². The van der Waals surface area contributed by atoms with Gasteiger partial charge in [0.25, 0.3) is 0 Å². The highest BCUT2D eigenvalue weighted by Gasteiger charge is 2.54. The van der Waals surface area contributed by atoms with Crippen LogP contribution in [0, 0.1) is 0 Å². The average Bonchev–Trinajstić information content (AvgIpc) is 3.22. The summed E-state index contributed by atoms with van der Waals surface area (Å²) in [6.45, 7) is 7.55. The molecule has 2 aliphatic rings. The molecule has 2 aliphatic heterocycles. The molecule has 4 N–H and O–H groups in total. The van der Waals surface area contributed by atoms with E-state index in [9.17, 15) is 47.9 Å². The number of urea groups is 2. The van der Waals surface area contributed by atoms with E-state index in [2.05, 4.69) is 21.3 Å². The quantitative estimate of drug-likeness (QED) is 0.102. The van der Waals surface area contributed by atoms with Gasteiger partial charge in [0.1, 0.15) is 25.4 Å². The van der Waals surface area contributed by atoms with Crippen LogP contribution in [-0.2, 0) is 85.7 Å². The molecule has 4 amide bonds. The van der Waals surface area contributed by atoms with Gasteiger partial charge in [-0.25, -0.2) is 9.59 Å². The molecular weight excluding hydrogens is 904 g/mol. The normalized spacial score (nSPS) is 24.2. The Morgan fingerprint density at radius 3 is 1.07 bits per heavy atom. The second-order valence-electron chi connectivity index (χ2n) is 15.3. The first kappa shape index (κ1) is 51.4. The van der Waals surface area contributed by atoms with Crippen molar-refractivity contribution in [2.24, 2.45) is 0 Å². The van der Waals surface area contributed by atoms with Gasteiger partial charge < -0.3 is 68.6 Å². The first-order valence-electron chi connectivity index (χ1n) is 20.8. The smallest absolute Gasteiger partial charge is 0.321 e. The highest BCUT2D eigenvalue weighted by atomic mass is 16.7. The number of carbonyl (C=O) groups is 10. The fourth-order valence-electron chi connectivity index (χ4n) is 7.53. The van der Waals surface area contributed by atoms with Crippen LogP contribution in [0.3, 0.4) is 0 Å². The zero-order valence-corrected chi connectivity index (χ0v) is 38.0. The van der Waals surface area contributed by atoms with E-state index in [4.69, 9.17) is 47.4 Å². The predicted octanol–water partition coefficient (Wildman–Crippen LogP) is 2.40. The number of esters is 8. The number of anilines is 2. The minimum atomic E-state index is -1.58. The van der Waals surface area contributed by atoms with Gasteiger partial charge in [-0.1, -0.05) is 24.3 Å². The average molecular weight is 955 g/mol. The summed E-state index contributed by atoms with van der Waals surface area (Å²) in [4.78, 5) is 125. The number of carbonyl (C=O) groups excluding carboxylic acids is 10. The molecule has 0 unspecified atom stereocenters. The first-order valence-corrected chi connectivity index (χ1v) is 20.8. The molecule has 24 heteroatoms. The number of ether oxygens (including phenoxy) is 10. The van der Waals surface area contributed by atoms with Gasteiger partial charge in [0.05, 0.1) is 11.4 Å². The van der Waals surface area contributed by atoms with E-state index < -0.39 is 134 Å². The molecule has 0 aliphatic carbocycles. The van der Waals surface area contributed by atoms with E-state index in [0.717, 1.165) is 55.4 Å². The van der Waals surface area contributed by atoms with E-state index in [-0.39, 0.29) is 11.4 Å². The standard InChI is InChI=1S/C44H50N4O20/c1-19(49)59-17-33-35(61-21(3)51)37(63-23(5)53)39(65-25(7)55)41(67-33)47-43(57)45-31-13-9-11-27-15-28-12-10-14-32(30(28)16-29(27)31)46-44(58)48-42-40(66-26(8)56)38(64-24(6)54)36(62-22(4)52)34(68-42)18-60-20(2)50/h9-16,33-42H,17-18H2,1-8H3,(H2,45,47,57)(H2,46,48,58)/t33-,34-,35-,36-,37+,38+,39-,40-,41-,42-/m1/s1. The fourth-order valence-corrected chi connectivity index (χ4v) is 7.53. The number of benzene rings is 3. The highest BCUT2D eigenvalue weighted by Crippen LogP contribution is 2.34. The zero-order chi connectivity index (χ0) is 50.0. The van der Waals surface area contributed by atoms with Crippen molar-refractivity contribution in [3.63, 3.8) is 0 Å². The maximum Gasteiger partial charge on any atom is 0.321 e. The van der Waals surface area contributed by atoms with Crippen LogP contribution in [0.2, 0.25) is 0 Å². The molecule has 2 fully saturated rings. The van der Waals surface area contributed by atoms with Crippen molar-refractivity contribution in [1.29, 1.82) is 0 Å². The summed E-state index contributed by atoms with van der Waals surface area (Å²) in [7, 11) is 0. The maximum atomic E-state index is 13.8. The minimum Gasteiger partial charge on any atom is -0.463 e. The minimum absolute atomic E-state index is 0.226. The molecule has 0 bridgehead atoms. The van der Waals surface area contributed by atoms with Crippen LogP contribution in [0.25, 0.3) is 21.5 Å². The largest absolute Gasteiger partial charge is 0.463 e. The van der Waals surface area contributed by atoms with Gasteiger partial charge in [0.15, 0.2) is 49.1 Å². The van der Waals surface area contributed by atoms with E-state index in [1.165, 1.54) is 0 Å². The summed E-state index contributed by atoms with van der Waals surface area (Å²) < 4.78 is 54.8. The van der Waals surface area contributed by atoms with Crippen molar-refractivity contribution >= 4 is 92.7 Å².